The minimum absolute atomic E-state index is 0.0149. The Bertz CT molecular complexity index is 462. The zero-order valence-corrected chi connectivity index (χ0v) is 11.4. The van der Waals surface area contributed by atoms with Crippen LogP contribution in [0.4, 0.5) is 14.5 Å². The number of anilines is 1. The lowest BCUT2D eigenvalue weighted by molar-refractivity contribution is -0.126. The summed E-state index contributed by atoms with van der Waals surface area (Å²) in [6.07, 6.45) is 0.658. The molecule has 0 saturated carbocycles. The molecule has 1 aromatic carbocycles. The number of rotatable bonds is 5. The number of carbonyl (C=O) groups is 1. The van der Waals surface area contributed by atoms with Crippen molar-refractivity contribution in [3.05, 3.63) is 29.8 Å². The zero-order valence-electron chi connectivity index (χ0n) is 11.4. The van der Waals surface area contributed by atoms with E-state index in [1.165, 1.54) is 18.2 Å². The molecule has 1 amide bonds. The van der Waals surface area contributed by atoms with E-state index in [1.54, 1.807) is 4.90 Å². The van der Waals surface area contributed by atoms with Crippen LogP contribution in [0.5, 0.6) is 0 Å². The number of ether oxygens (including phenoxy) is 1. The molecule has 0 radical (unpaired) electrons. The summed E-state index contributed by atoms with van der Waals surface area (Å²) in [7, 11) is 0. The minimum atomic E-state index is -0.578. The Kier molecular flexibility index (Phi) is 4.89. The lowest BCUT2D eigenvalue weighted by Crippen LogP contribution is -2.39. The number of nitrogens with one attached hydrogen (secondary N) is 1. The molecule has 0 spiro atoms. The molecule has 1 fully saturated rings. The molecule has 2 rings (SSSR count). The third kappa shape index (κ3) is 3.45. The van der Waals surface area contributed by atoms with Gasteiger partial charge in [0, 0.05) is 25.7 Å². The van der Waals surface area contributed by atoms with Gasteiger partial charge < -0.3 is 15.0 Å². The van der Waals surface area contributed by atoms with Crippen LogP contribution in [0.2, 0.25) is 0 Å². The van der Waals surface area contributed by atoms with E-state index in [0.29, 0.717) is 26.1 Å². The fraction of sp³-hybridized carbons (Fsp3) is 0.500. The Hall–Kier alpha value is -1.69. The van der Waals surface area contributed by atoms with Crippen LogP contribution in [-0.2, 0) is 9.53 Å². The van der Waals surface area contributed by atoms with E-state index in [2.05, 4.69) is 5.32 Å². The highest BCUT2D eigenvalue weighted by Crippen LogP contribution is 2.26. The lowest BCUT2D eigenvalue weighted by atomic mass is 10.2. The molecule has 1 unspecified atom stereocenters. The molecule has 1 aliphatic heterocycles. The summed E-state index contributed by atoms with van der Waals surface area (Å²) in [4.78, 5) is 13.2. The summed E-state index contributed by atoms with van der Waals surface area (Å²) in [5.74, 6) is -1.36. The van der Waals surface area contributed by atoms with Crippen LogP contribution >= 0.6 is 0 Å². The van der Waals surface area contributed by atoms with Crippen LogP contribution in [0.15, 0.2) is 18.2 Å². The van der Waals surface area contributed by atoms with E-state index in [4.69, 9.17) is 4.74 Å². The largest absolute Gasteiger partial charge is 0.372 e. The van der Waals surface area contributed by atoms with E-state index < -0.39 is 11.6 Å². The standard InChI is InChI=1S/C14H18F2N2O2/c1-2-20-9-13(19)17-10-6-7-18(8-10)14-11(15)4-3-5-12(14)16/h3-5,10H,2,6-9H2,1H3,(H,17,19). The molecule has 1 saturated heterocycles. The highest BCUT2D eigenvalue weighted by atomic mass is 19.1. The molecule has 1 aromatic rings. The van der Waals surface area contributed by atoms with Crippen molar-refractivity contribution in [2.75, 3.05) is 31.2 Å². The third-order valence-corrected chi connectivity index (χ3v) is 3.24. The number of benzene rings is 1. The third-order valence-electron chi connectivity index (χ3n) is 3.24. The van der Waals surface area contributed by atoms with Gasteiger partial charge in [0.05, 0.1) is 0 Å². The van der Waals surface area contributed by atoms with Crippen LogP contribution in [0.3, 0.4) is 0 Å². The van der Waals surface area contributed by atoms with Crippen molar-refractivity contribution in [2.24, 2.45) is 0 Å². The maximum atomic E-state index is 13.7. The molecule has 0 aliphatic carbocycles. The molecule has 110 valence electrons. The Balaban J connectivity index is 1.94. The number of hydrogen-bond acceptors (Lipinski definition) is 3. The summed E-state index contributed by atoms with van der Waals surface area (Å²) < 4.78 is 32.3. The van der Waals surface area contributed by atoms with Gasteiger partial charge in [-0.2, -0.15) is 0 Å². The Morgan fingerprint density at radius 3 is 2.80 bits per heavy atom. The molecule has 1 N–H and O–H groups in total. The fourth-order valence-corrected chi connectivity index (χ4v) is 2.34. The second-order valence-corrected chi connectivity index (χ2v) is 4.71. The number of halogens is 2. The lowest BCUT2D eigenvalue weighted by Gasteiger charge is -2.20. The average molecular weight is 284 g/mol. The van der Waals surface area contributed by atoms with Crippen LogP contribution in [0.25, 0.3) is 0 Å². The second kappa shape index (κ2) is 6.65. The van der Waals surface area contributed by atoms with Gasteiger partial charge in [0.25, 0.3) is 0 Å². The van der Waals surface area contributed by atoms with Gasteiger partial charge in [-0.25, -0.2) is 8.78 Å². The van der Waals surface area contributed by atoms with Crippen LogP contribution in [0, 0.1) is 11.6 Å². The minimum Gasteiger partial charge on any atom is -0.372 e. The van der Waals surface area contributed by atoms with E-state index in [9.17, 15) is 13.6 Å². The maximum absolute atomic E-state index is 13.7. The predicted molar refractivity (Wildman–Crippen MR) is 71.6 cm³/mol. The van der Waals surface area contributed by atoms with Crippen LogP contribution in [0.1, 0.15) is 13.3 Å². The Morgan fingerprint density at radius 1 is 1.45 bits per heavy atom. The maximum Gasteiger partial charge on any atom is 0.246 e. The summed E-state index contributed by atoms with van der Waals surface area (Å²) in [6, 6.07) is 3.70. The normalized spacial score (nSPS) is 18.4. The smallest absolute Gasteiger partial charge is 0.246 e. The van der Waals surface area contributed by atoms with Crippen molar-refractivity contribution in [1.82, 2.24) is 5.32 Å². The summed E-state index contributed by atoms with van der Waals surface area (Å²) in [5.41, 5.74) is -0.0194. The highest BCUT2D eigenvalue weighted by Gasteiger charge is 2.27. The Labute approximate surface area is 116 Å². The summed E-state index contributed by atoms with van der Waals surface area (Å²) >= 11 is 0. The molecule has 20 heavy (non-hydrogen) atoms. The second-order valence-electron chi connectivity index (χ2n) is 4.71. The van der Waals surface area contributed by atoms with Gasteiger partial charge in [0.2, 0.25) is 5.91 Å². The first-order chi connectivity index (χ1) is 9.61. The van der Waals surface area contributed by atoms with E-state index >= 15 is 0 Å². The first kappa shape index (κ1) is 14.7. The first-order valence-corrected chi connectivity index (χ1v) is 6.68. The molecular weight excluding hydrogens is 266 g/mol. The van der Waals surface area contributed by atoms with Crippen molar-refractivity contribution >= 4 is 11.6 Å². The van der Waals surface area contributed by atoms with Crippen molar-refractivity contribution in [3.8, 4) is 0 Å². The van der Waals surface area contributed by atoms with Crippen molar-refractivity contribution in [2.45, 2.75) is 19.4 Å². The Morgan fingerprint density at radius 2 is 2.15 bits per heavy atom. The van der Waals surface area contributed by atoms with Crippen molar-refractivity contribution < 1.29 is 18.3 Å². The number of amides is 1. The van der Waals surface area contributed by atoms with Gasteiger partial charge in [-0.15, -0.1) is 0 Å². The number of para-hydroxylation sites is 1. The molecule has 4 nitrogen and oxygen atoms in total. The first-order valence-electron chi connectivity index (χ1n) is 6.68. The van der Waals surface area contributed by atoms with Gasteiger partial charge in [0.15, 0.2) is 0 Å². The topological polar surface area (TPSA) is 41.6 Å². The molecule has 0 bridgehead atoms. The molecule has 0 aromatic heterocycles. The molecule has 6 heteroatoms. The van der Waals surface area contributed by atoms with Gasteiger partial charge in [-0.1, -0.05) is 6.07 Å². The monoisotopic (exact) mass is 284 g/mol. The summed E-state index contributed by atoms with van der Waals surface area (Å²) in [5, 5.41) is 2.80. The van der Waals surface area contributed by atoms with Crippen molar-refractivity contribution in [1.29, 1.82) is 0 Å². The number of nitrogens with zero attached hydrogens (tertiary/aromatic N) is 1. The van der Waals surface area contributed by atoms with Crippen molar-refractivity contribution in [3.63, 3.8) is 0 Å². The van der Waals surface area contributed by atoms with E-state index in [-0.39, 0.29) is 24.2 Å². The van der Waals surface area contributed by atoms with Gasteiger partial charge in [-0.05, 0) is 25.5 Å². The highest BCUT2D eigenvalue weighted by molar-refractivity contribution is 5.77. The molecule has 1 atom stereocenters. The number of carbonyl (C=O) groups excluding carboxylic acids is 1. The van der Waals surface area contributed by atoms with E-state index in [0.717, 1.165) is 0 Å². The SMILES string of the molecule is CCOCC(=O)NC1CCN(c2c(F)cccc2F)C1. The number of hydrogen-bond donors (Lipinski definition) is 1. The van der Waals surface area contributed by atoms with Gasteiger partial charge in [0.1, 0.15) is 23.9 Å². The van der Waals surface area contributed by atoms with Gasteiger partial charge >= 0.3 is 0 Å². The van der Waals surface area contributed by atoms with Crippen LogP contribution < -0.4 is 10.2 Å². The summed E-state index contributed by atoms with van der Waals surface area (Å²) in [6.45, 7) is 3.21. The van der Waals surface area contributed by atoms with Gasteiger partial charge in [-0.3, -0.25) is 4.79 Å². The predicted octanol–water partition coefficient (Wildman–Crippen LogP) is 1.70. The average Bonchev–Trinajstić information content (AvgIpc) is 2.84. The zero-order chi connectivity index (χ0) is 14.5. The molecule has 1 aliphatic rings. The van der Waals surface area contributed by atoms with E-state index in [1.807, 2.05) is 6.92 Å². The molecular formula is C14H18F2N2O2. The quantitative estimate of drug-likeness (QED) is 0.894. The fourth-order valence-electron chi connectivity index (χ4n) is 2.34. The molecule has 1 heterocycles. The van der Waals surface area contributed by atoms with Crippen LogP contribution in [-0.4, -0.2) is 38.3 Å².